The lowest BCUT2D eigenvalue weighted by atomic mass is 9.74. The number of hydrogen-bond donors (Lipinski definition) is 1. The van der Waals surface area contributed by atoms with E-state index >= 15 is 0 Å². The van der Waals surface area contributed by atoms with E-state index in [1.54, 1.807) is 24.1 Å². The van der Waals surface area contributed by atoms with E-state index in [0.29, 0.717) is 18.7 Å². The highest BCUT2D eigenvalue weighted by Crippen LogP contribution is 2.41. The molecule has 6 heteroatoms. The molecule has 1 aromatic carbocycles. The molecule has 2 aromatic rings. The van der Waals surface area contributed by atoms with E-state index in [2.05, 4.69) is 24.3 Å². The van der Waals surface area contributed by atoms with Crippen LogP contribution in [0, 0.1) is 11.2 Å². The van der Waals surface area contributed by atoms with Crippen molar-refractivity contribution in [3.63, 3.8) is 0 Å². The Morgan fingerprint density at radius 3 is 3.00 bits per heavy atom. The Morgan fingerprint density at radius 2 is 2.28 bits per heavy atom. The SMILES string of the molecule is COCCC(=O)N[C@@H]1CC(C)(C)Cc2c1cnn2-c1cccc(F)c1. The fourth-order valence-corrected chi connectivity index (χ4v) is 3.46. The first-order valence-electron chi connectivity index (χ1n) is 8.51. The van der Waals surface area contributed by atoms with E-state index in [9.17, 15) is 9.18 Å². The van der Waals surface area contributed by atoms with Gasteiger partial charge in [-0.2, -0.15) is 5.10 Å². The number of hydrogen-bond acceptors (Lipinski definition) is 3. The molecule has 0 saturated heterocycles. The van der Waals surface area contributed by atoms with Gasteiger partial charge in [0.2, 0.25) is 5.91 Å². The van der Waals surface area contributed by atoms with Gasteiger partial charge < -0.3 is 10.1 Å². The number of amides is 1. The summed E-state index contributed by atoms with van der Waals surface area (Å²) in [6, 6.07) is 6.31. The molecular weight excluding hydrogens is 321 g/mol. The van der Waals surface area contributed by atoms with Gasteiger partial charge >= 0.3 is 0 Å². The highest BCUT2D eigenvalue weighted by Gasteiger charge is 2.35. The van der Waals surface area contributed by atoms with Crippen LogP contribution in [0.15, 0.2) is 30.5 Å². The second-order valence-electron chi connectivity index (χ2n) is 7.35. The average Bonchev–Trinajstić information content (AvgIpc) is 2.95. The summed E-state index contributed by atoms with van der Waals surface area (Å²) >= 11 is 0. The second kappa shape index (κ2) is 6.96. The number of methoxy groups -OCH3 is 1. The van der Waals surface area contributed by atoms with E-state index in [1.807, 2.05) is 6.07 Å². The molecular formula is C19H24FN3O2. The zero-order valence-corrected chi connectivity index (χ0v) is 14.9. The molecule has 0 saturated carbocycles. The van der Waals surface area contributed by atoms with Gasteiger partial charge in [-0.05, 0) is 36.5 Å². The van der Waals surface area contributed by atoms with Crippen molar-refractivity contribution in [2.45, 2.75) is 39.2 Å². The number of ether oxygens (including phenoxy) is 1. The van der Waals surface area contributed by atoms with Crippen molar-refractivity contribution in [3.8, 4) is 5.69 Å². The predicted molar refractivity (Wildman–Crippen MR) is 93.0 cm³/mol. The first-order chi connectivity index (χ1) is 11.9. The molecule has 0 fully saturated rings. The molecule has 0 bridgehead atoms. The summed E-state index contributed by atoms with van der Waals surface area (Å²) in [5.74, 6) is -0.324. The molecule has 1 heterocycles. The summed E-state index contributed by atoms with van der Waals surface area (Å²) in [5.41, 5.74) is 2.74. The van der Waals surface area contributed by atoms with Crippen LogP contribution in [0.4, 0.5) is 4.39 Å². The first-order valence-corrected chi connectivity index (χ1v) is 8.51. The maximum atomic E-state index is 13.6. The van der Waals surface area contributed by atoms with Crippen molar-refractivity contribution in [2.24, 2.45) is 5.41 Å². The molecule has 0 unspecified atom stereocenters. The van der Waals surface area contributed by atoms with E-state index in [1.165, 1.54) is 12.1 Å². The molecule has 1 amide bonds. The van der Waals surface area contributed by atoms with Crippen LogP contribution in [-0.2, 0) is 16.0 Å². The Bertz CT molecular complexity index is 770. The number of carbonyl (C=O) groups excluding carboxylic acids is 1. The smallest absolute Gasteiger partial charge is 0.222 e. The van der Waals surface area contributed by atoms with Crippen molar-refractivity contribution in [2.75, 3.05) is 13.7 Å². The third kappa shape index (κ3) is 3.90. The fraction of sp³-hybridized carbons (Fsp3) is 0.474. The number of nitrogens with zero attached hydrogens (tertiary/aromatic N) is 2. The molecule has 5 nitrogen and oxygen atoms in total. The fourth-order valence-electron chi connectivity index (χ4n) is 3.46. The quantitative estimate of drug-likeness (QED) is 0.905. The third-order valence-electron chi connectivity index (χ3n) is 4.60. The van der Waals surface area contributed by atoms with Crippen LogP contribution in [0.2, 0.25) is 0 Å². The lowest BCUT2D eigenvalue weighted by Gasteiger charge is -2.36. The van der Waals surface area contributed by atoms with E-state index in [4.69, 9.17) is 4.74 Å². The van der Waals surface area contributed by atoms with Crippen molar-refractivity contribution in [3.05, 3.63) is 47.5 Å². The number of aromatic nitrogens is 2. The van der Waals surface area contributed by atoms with Crippen LogP contribution in [0.3, 0.4) is 0 Å². The summed E-state index contributed by atoms with van der Waals surface area (Å²) in [5, 5.41) is 7.56. The minimum Gasteiger partial charge on any atom is -0.384 e. The van der Waals surface area contributed by atoms with Gasteiger partial charge in [0.25, 0.3) is 0 Å². The largest absolute Gasteiger partial charge is 0.384 e. The van der Waals surface area contributed by atoms with Crippen LogP contribution < -0.4 is 5.32 Å². The zero-order valence-electron chi connectivity index (χ0n) is 14.9. The molecule has 0 radical (unpaired) electrons. The molecule has 0 aliphatic heterocycles. The third-order valence-corrected chi connectivity index (χ3v) is 4.60. The average molecular weight is 345 g/mol. The Hall–Kier alpha value is -2.21. The lowest BCUT2D eigenvalue weighted by molar-refractivity contribution is -0.123. The topological polar surface area (TPSA) is 56.1 Å². The van der Waals surface area contributed by atoms with Crippen LogP contribution in [0.1, 0.15) is 44.0 Å². The van der Waals surface area contributed by atoms with Crippen LogP contribution in [0.25, 0.3) is 5.69 Å². The van der Waals surface area contributed by atoms with Gasteiger partial charge in [0.1, 0.15) is 5.82 Å². The highest BCUT2D eigenvalue weighted by atomic mass is 19.1. The van der Waals surface area contributed by atoms with Crippen LogP contribution in [0.5, 0.6) is 0 Å². The van der Waals surface area contributed by atoms with Crippen LogP contribution >= 0.6 is 0 Å². The van der Waals surface area contributed by atoms with Gasteiger partial charge in [0, 0.05) is 19.1 Å². The Balaban J connectivity index is 1.92. The second-order valence-corrected chi connectivity index (χ2v) is 7.35. The molecule has 25 heavy (non-hydrogen) atoms. The minimum absolute atomic E-state index is 0.0112. The van der Waals surface area contributed by atoms with Crippen molar-refractivity contribution < 1.29 is 13.9 Å². The standard InChI is InChI=1S/C19H24FN3O2/c1-19(2)10-16(22-18(24)7-8-25-3)15-12-21-23(17(15)11-19)14-6-4-5-13(20)9-14/h4-6,9,12,16H,7-8,10-11H2,1-3H3,(H,22,24)/t16-/m1/s1. The first kappa shape index (κ1) is 17.6. The van der Waals surface area contributed by atoms with Crippen LogP contribution in [-0.4, -0.2) is 29.4 Å². The number of carbonyl (C=O) groups is 1. The molecule has 3 rings (SSSR count). The summed E-state index contributed by atoms with van der Waals surface area (Å²) in [7, 11) is 1.58. The highest BCUT2D eigenvalue weighted by molar-refractivity contribution is 5.76. The van der Waals surface area contributed by atoms with Gasteiger partial charge in [-0.3, -0.25) is 4.79 Å². The van der Waals surface area contributed by atoms with Gasteiger partial charge in [-0.15, -0.1) is 0 Å². The Labute approximate surface area is 147 Å². The minimum atomic E-state index is -0.291. The maximum absolute atomic E-state index is 13.6. The van der Waals surface area contributed by atoms with E-state index < -0.39 is 0 Å². The summed E-state index contributed by atoms with van der Waals surface area (Å²) in [6.07, 6.45) is 3.79. The molecule has 1 aliphatic rings. The van der Waals surface area contributed by atoms with Gasteiger partial charge in [0.15, 0.2) is 0 Å². The van der Waals surface area contributed by atoms with Crippen molar-refractivity contribution >= 4 is 5.91 Å². The number of benzene rings is 1. The number of nitrogens with one attached hydrogen (secondary N) is 1. The molecule has 1 atom stereocenters. The Kier molecular flexibility index (Phi) is 4.90. The molecule has 134 valence electrons. The normalized spacial score (nSPS) is 18.6. The van der Waals surface area contributed by atoms with E-state index in [0.717, 1.165) is 24.1 Å². The van der Waals surface area contributed by atoms with Gasteiger partial charge in [0.05, 0.1) is 30.2 Å². The van der Waals surface area contributed by atoms with Crippen molar-refractivity contribution in [1.29, 1.82) is 0 Å². The number of halogens is 1. The monoisotopic (exact) mass is 345 g/mol. The molecule has 1 aromatic heterocycles. The van der Waals surface area contributed by atoms with Crippen molar-refractivity contribution in [1.82, 2.24) is 15.1 Å². The predicted octanol–water partition coefficient (Wildman–Crippen LogP) is 3.18. The Morgan fingerprint density at radius 1 is 1.48 bits per heavy atom. The number of fused-ring (bicyclic) bond motifs is 1. The molecule has 1 N–H and O–H groups in total. The van der Waals surface area contributed by atoms with Gasteiger partial charge in [-0.1, -0.05) is 19.9 Å². The van der Waals surface area contributed by atoms with Gasteiger partial charge in [-0.25, -0.2) is 9.07 Å². The summed E-state index contributed by atoms with van der Waals surface area (Å²) < 4.78 is 20.4. The molecule has 1 aliphatic carbocycles. The summed E-state index contributed by atoms with van der Waals surface area (Å²) in [6.45, 7) is 4.75. The maximum Gasteiger partial charge on any atom is 0.222 e. The molecule has 0 spiro atoms. The lowest BCUT2D eigenvalue weighted by Crippen LogP contribution is -2.37. The summed E-state index contributed by atoms with van der Waals surface area (Å²) in [4.78, 5) is 12.1. The zero-order chi connectivity index (χ0) is 18.0. The number of rotatable bonds is 5. The van der Waals surface area contributed by atoms with E-state index in [-0.39, 0.29) is 23.2 Å².